The fourth-order valence-corrected chi connectivity index (χ4v) is 4.33. The standard InChI is InChI=1S/C17H29F3N2O2/c1-15(2)13(17(18,19)20)6-10-22(15)14(23)21-12-16(9-11-24-3)7-4-5-8-16/h13H,4-12H2,1-3H3,(H,21,23)/t13-/m0/s1. The Morgan fingerprint density at radius 1 is 1.29 bits per heavy atom. The smallest absolute Gasteiger partial charge is 0.385 e. The molecule has 1 heterocycles. The van der Waals surface area contributed by atoms with E-state index in [2.05, 4.69) is 5.32 Å². The molecule has 0 aromatic rings. The summed E-state index contributed by atoms with van der Waals surface area (Å²) in [6.07, 6.45) is 0.896. The van der Waals surface area contributed by atoms with Gasteiger partial charge in [0.05, 0.1) is 11.5 Å². The van der Waals surface area contributed by atoms with Crippen molar-refractivity contribution >= 4 is 6.03 Å². The molecule has 1 aliphatic heterocycles. The highest BCUT2D eigenvalue weighted by Gasteiger charge is 2.56. The number of methoxy groups -OCH3 is 1. The minimum absolute atomic E-state index is 0.0268. The van der Waals surface area contributed by atoms with Gasteiger partial charge in [0, 0.05) is 26.8 Å². The van der Waals surface area contributed by atoms with Crippen molar-refractivity contribution in [2.24, 2.45) is 11.3 Å². The summed E-state index contributed by atoms with van der Waals surface area (Å²) in [4.78, 5) is 13.9. The number of alkyl halides is 3. The number of nitrogens with zero attached hydrogens (tertiary/aromatic N) is 1. The summed E-state index contributed by atoms with van der Waals surface area (Å²) in [5.41, 5.74) is -1.18. The van der Waals surface area contributed by atoms with Gasteiger partial charge in [-0.1, -0.05) is 12.8 Å². The Hall–Kier alpha value is -0.980. The third-order valence-corrected chi connectivity index (χ3v) is 5.95. The molecule has 1 atom stereocenters. The summed E-state index contributed by atoms with van der Waals surface area (Å²) in [5.74, 6) is -1.47. The van der Waals surface area contributed by atoms with Crippen LogP contribution in [0.25, 0.3) is 0 Å². The number of likely N-dealkylation sites (tertiary alicyclic amines) is 1. The molecule has 0 aromatic heterocycles. The van der Waals surface area contributed by atoms with Gasteiger partial charge in [0.15, 0.2) is 0 Å². The molecule has 2 amide bonds. The largest absolute Gasteiger partial charge is 0.394 e. The average Bonchev–Trinajstić information content (AvgIpc) is 3.06. The van der Waals surface area contributed by atoms with Crippen molar-refractivity contribution in [3.05, 3.63) is 0 Å². The second-order valence-corrected chi connectivity index (χ2v) is 7.80. The Balaban J connectivity index is 1.97. The van der Waals surface area contributed by atoms with E-state index in [0.29, 0.717) is 13.2 Å². The summed E-state index contributed by atoms with van der Waals surface area (Å²) >= 11 is 0. The highest BCUT2D eigenvalue weighted by molar-refractivity contribution is 5.75. The number of amides is 2. The Labute approximate surface area is 142 Å². The predicted octanol–water partition coefficient (Wildman–Crippen LogP) is 3.96. The van der Waals surface area contributed by atoms with Crippen LogP contribution < -0.4 is 5.32 Å². The van der Waals surface area contributed by atoms with E-state index in [1.54, 1.807) is 7.11 Å². The lowest BCUT2D eigenvalue weighted by Gasteiger charge is -2.38. The van der Waals surface area contributed by atoms with Crippen molar-refractivity contribution < 1.29 is 22.7 Å². The van der Waals surface area contributed by atoms with E-state index in [1.165, 1.54) is 18.7 Å². The maximum Gasteiger partial charge on any atom is 0.394 e. The number of carbonyl (C=O) groups excluding carboxylic acids is 1. The van der Waals surface area contributed by atoms with Gasteiger partial charge in [-0.05, 0) is 44.9 Å². The molecule has 2 rings (SSSR count). The van der Waals surface area contributed by atoms with Crippen LogP contribution in [0.2, 0.25) is 0 Å². The van der Waals surface area contributed by atoms with Gasteiger partial charge in [0.1, 0.15) is 0 Å². The van der Waals surface area contributed by atoms with Gasteiger partial charge < -0.3 is 15.0 Å². The average molecular weight is 350 g/mol. The molecular formula is C17H29F3N2O2. The maximum absolute atomic E-state index is 13.2. The molecule has 0 unspecified atom stereocenters. The molecule has 2 fully saturated rings. The highest BCUT2D eigenvalue weighted by atomic mass is 19.4. The second kappa shape index (κ2) is 7.10. The highest BCUT2D eigenvalue weighted by Crippen LogP contribution is 2.45. The fraction of sp³-hybridized carbons (Fsp3) is 0.941. The molecule has 2 aliphatic rings. The lowest BCUT2D eigenvalue weighted by atomic mass is 9.83. The molecule has 24 heavy (non-hydrogen) atoms. The SMILES string of the molecule is COCCC1(CNC(=O)N2CC[C@H](C(F)(F)F)C2(C)C)CCCC1. The Bertz CT molecular complexity index is 446. The summed E-state index contributed by atoms with van der Waals surface area (Å²) in [5, 5.41) is 2.91. The molecule has 1 saturated carbocycles. The normalized spacial score (nSPS) is 25.9. The molecule has 140 valence electrons. The van der Waals surface area contributed by atoms with Gasteiger partial charge in [-0.15, -0.1) is 0 Å². The summed E-state index contributed by atoms with van der Waals surface area (Å²) in [6.45, 7) is 4.32. The van der Waals surface area contributed by atoms with Crippen molar-refractivity contribution in [2.45, 2.75) is 64.1 Å². The van der Waals surface area contributed by atoms with Gasteiger partial charge in [-0.3, -0.25) is 0 Å². The zero-order valence-electron chi connectivity index (χ0n) is 14.8. The van der Waals surface area contributed by atoms with Crippen molar-refractivity contribution in [3.63, 3.8) is 0 Å². The molecule has 0 aromatic carbocycles. The van der Waals surface area contributed by atoms with E-state index in [-0.39, 0.29) is 24.4 Å². The van der Waals surface area contributed by atoms with Crippen LogP contribution in [0.3, 0.4) is 0 Å². The number of hydrogen-bond acceptors (Lipinski definition) is 2. The van der Waals surface area contributed by atoms with Crippen LogP contribution in [0, 0.1) is 11.3 Å². The van der Waals surface area contributed by atoms with Crippen molar-refractivity contribution in [1.82, 2.24) is 10.2 Å². The summed E-state index contributed by atoms with van der Waals surface area (Å²) in [7, 11) is 1.66. The number of ether oxygens (including phenoxy) is 1. The number of rotatable bonds is 5. The van der Waals surface area contributed by atoms with Crippen molar-refractivity contribution in [3.8, 4) is 0 Å². The molecule has 4 nitrogen and oxygen atoms in total. The first kappa shape index (κ1) is 19.3. The zero-order valence-corrected chi connectivity index (χ0v) is 14.8. The molecule has 1 aliphatic carbocycles. The van der Waals surface area contributed by atoms with Crippen LogP contribution in [0.1, 0.15) is 52.4 Å². The molecule has 7 heteroatoms. The fourth-order valence-electron chi connectivity index (χ4n) is 4.33. The monoisotopic (exact) mass is 350 g/mol. The second-order valence-electron chi connectivity index (χ2n) is 7.80. The molecule has 1 saturated heterocycles. The third kappa shape index (κ3) is 3.98. The first-order valence-corrected chi connectivity index (χ1v) is 8.73. The Morgan fingerprint density at radius 2 is 1.92 bits per heavy atom. The number of carbonyl (C=O) groups is 1. The van der Waals surface area contributed by atoms with Crippen LogP contribution in [0.4, 0.5) is 18.0 Å². The van der Waals surface area contributed by atoms with Crippen molar-refractivity contribution in [1.29, 1.82) is 0 Å². The van der Waals surface area contributed by atoms with E-state index in [1.807, 2.05) is 0 Å². The maximum atomic E-state index is 13.2. The molecule has 0 bridgehead atoms. The predicted molar refractivity (Wildman–Crippen MR) is 85.7 cm³/mol. The van der Waals surface area contributed by atoms with E-state index < -0.39 is 17.6 Å². The molecule has 0 spiro atoms. The first-order chi connectivity index (χ1) is 11.1. The summed E-state index contributed by atoms with van der Waals surface area (Å²) in [6, 6.07) is -0.379. The summed E-state index contributed by atoms with van der Waals surface area (Å²) < 4.78 is 44.6. The van der Waals surface area contributed by atoms with Gasteiger partial charge >= 0.3 is 12.2 Å². The number of nitrogens with one attached hydrogen (secondary N) is 1. The zero-order chi connectivity index (χ0) is 18.0. The minimum atomic E-state index is -4.27. The van der Waals surface area contributed by atoms with Gasteiger partial charge in [0.25, 0.3) is 0 Å². The quantitative estimate of drug-likeness (QED) is 0.815. The Kier molecular flexibility index (Phi) is 5.72. The van der Waals surface area contributed by atoms with Crippen LogP contribution in [0.15, 0.2) is 0 Å². The number of hydrogen-bond donors (Lipinski definition) is 1. The minimum Gasteiger partial charge on any atom is -0.385 e. The lowest BCUT2D eigenvalue weighted by Crippen LogP contribution is -2.54. The van der Waals surface area contributed by atoms with Crippen LogP contribution >= 0.6 is 0 Å². The van der Waals surface area contributed by atoms with E-state index in [9.17, 15) is 18.0 Å². The topological polar surface area (TPSA) is 41.6 Å². The Morgan fingerprint density at radius 3 is 2.42 bits per heavy atom. The van der Waals surface area contributed by atoms with Crippen LogP contribution in [-0.2, 0) is 4.74 Å². The van der Waals surface area contributed by atoms with E-state index >= 15 is 0 Å². The number of urea groups is 1. The lowest BCUT2D eigenvalue weighted by molar-refractivity contribution is -0.189. The van der Waals surface area contributed by atoms with Gasteiger partial charge in [0.2, 0.25) is 0 Å². The van der Waals surface area contributed by atoms with Gasteiger partial charge in [-0.25, -0.2) is 4.79 Å². The molecular weight excluding hydrogens is 321 g/mol. The molecule has 1 N–H and O–H groups in total. The third-order valence-electron chi connectivity index (χ3n) is 5.95. The van der Waals surface area contributed by atoms with Crippen molar-refractivity contribution in [2.75, 3.05) is 26.8 Å². The molecule has 0 radical (unpaired) electrons. The first-order valence-electron chi connectivity index (χ1n) is 8.73. The number of halogens is 3. The van der Waals surface area contributed by atoms with Gasteiger partial charge in [-0.2, -0.15) is 13.2 Å². The van der Waals surface area contributed by atoms with E-state index in [0.717, 1.165) is 32.1 Å². The van der Waals surface area contributed by atoms with Crippen LogP contribution in [0.5, 0.6) is 0 Å². The van der Waals surface area contributed by atoms with Crippen LogP contribution in [-0.4, -0.2) is 49.5 Å². The van der Waals surface area contributed by atoms with E-state index in [4.69, 9.17) is 4.74 Å².